The van der Waals surface area contributed by atoms with Crippen molar-refractivity contribution in [2.24, 2.45) is 0 Å². The van der Waals surface area contributed by atoms with Gasteiger partial charge >= 0.3 is 6.09 Å². The number of benzene rings is 1. The van der Waals surface area contributed by atoms with Crippen molar-refractivity contribution >= 4 is 33.6 Å². The number of rotatable bonds is 4. The quantitative estimate of drug-likeness (QED) is 0.808. The van der Waals surface area contributed by atoms with Crippen LogP contribution in [0.3, 0.4) is 0 Å². The first kappa shape index (κ1) is 15.3. The zero-order valence-electron chi connectivity index (χ0n) is 11.4. The minimum atomic E-state index is -3.49. The molecule has 2 aliphatic heterocycles. The highest BCUT2D eigenvalue weighted by molar-refractivity contribution is 7.88. The molecule has 9 heteroatoms. The summed E-state index contributed by atoms with van der Waals surface area (Å²) in [6.45, 7) is -0.0552. The van der Waals surface area contributed by atoms with Crippen LogP contribution in [0.15, 0.2) is 24.3 Å². The highest BCUT2D eigenvalue weighted by Crippen LogP contribution is 2.24. The third-order valence-electron chi connectivity index (χ3n) is 3.63. The molecule has 118 valence electrons. The average molecular weight is 345 g/mol. The van der Waals surface area contributed by atoms with Crippen LogP contribution in [0.1, 0.15) is 5.56 Å². The molecular formula is C13H13ClN2O5S. The van der Waals surface area contributed by atoms with Gasteiger partial charge in [-0.25, -0.2) is 18.1 Å². The number of ether oxygens (including phenoxy) is 1. The molecular weight excluding hydrogens is 332 g/mol. The van der Waals surface area contributed by atoms with Gasteiger partial charge in [-0.2, -0.15) is 4.31 Å². The Bertz CT molecular complexity index is 696. The summed E-state index contributed by atoms with van der Waals surface area (Å²) in [4.78, 5) is 23.9. The van der Waals surface area contributed by atoms with Crippen LogP contribution in [0.2, 0.25) is 5.02 Å². The van der Waals surface area contributed by atoms with Crippen molar-refractivity contribution in [3.63, 3.8) is 0 Å². The molecule has 1 aromatic carbocycles. The molecule has 0 unspecified atom stereocenters. The van der Waals surface area contributed by atoms with Crippen LogP contribution < -0.4 is 0 Å². The molecule has 0 spiro atoms. The summed E-state index contributed by atoms with van der Waals surface area (Å²) >= 11 is 5.76. The lowest BCUT2D eigenvalue weighted by Gasteiger charge is -2.40. The summed E-state index contributed by atoms with van der Waals surface area (Å²) in [6, 6.07) is 6.12. The number of amides is 2. The highest BCUT2D eigenvalue weighted by Gasteiger charge is 2.46. The van der Waals surface area contributed by atoms with Gasteiger partial charge in [0, 0.05) is 18.1 Å². The van der Waals surface area contributed by atoms with Crippen LogP contribution in [0.5, 0.6) is 0 Å². The summed E-state index contributed by atoms with van der Waals surface area (Å²) in [5.74, 6) is -0.570. The van der Waals surface area contributed by atoms with Gasteiger partial charge < -0.3 is 4.74 Å². The van der Waals surface area contributed by atoms with Crippen molar-refractivity contribution in [3.8, 4) is 0 Å². The maximum Gasteiger partial charge on any atom is 0.417 e. The van der Waals surface area contributed by atoms with E-state index in [0.717, 1.165) is 4.90 Å². The molecule has 0 aromatic heterocycles. The number of nitrogens with zero attached hydrogens (tertiary/aromatic N) is 2. The number of cyclic esters (lactones) is 1. The molecule has 2 saturated heterocycles. The second-order valence-corrected chi connectivity index (χ2v) is 7.58. The van der Waals surface area contributed by atoms with E-state index in [1.165, 1.54) is 4.31 Å². The fourth-order valence-electron chi connectivity index (χ4n) is 2.41. The number of hydrogen-bond donors (Lipinski definition) is 0. The van der Waals surface area contributed by atoms with E-state index < -0.39 is 28.1 Å². The van der Waals surface area contributed by atoms with Crippen molar-refractivity contribution in [3.05, 3.63) is 34.9 Å². The summed E-state index contributed by atoms with van der Waals surface area (Å²) in [7, 11) is -3.49. The third-order valence-corrected chi connectivity index (χ3v) is 5.67. The Hall–Kier alpha value is -1.64. The molecule has 1 aromatic rings. The second kappa shape index (κ2) is 5.53. The average Bonchev–Trinajstić information content (AvgIpc) is 2.71. The normalized spacial score (nSPS) is 20.1. The van der Waals surface area contributed by atoms with Crippen LogP contribution in [-0.4, -0.2) is 55.4 Å². The lowest BCUT2D eigenvalue weighted by molar-refractivity contribution is -0.128. The number of hydrogen-bond acceptors (Lipinski definition) is 5. The zero-order chi connectivity index (χ0) is 15.9. The van der Waals surface area contributed by atoms with Gasteiger partial charge in [-0.3, -0.25) is 4.79 Å². The Morgan fingerprint density at radius 3 is 2.36 bits per heavy atom. The van der Waals surface area contributed by atoms with Crippen LogP contribution in [-0.2, 0) is 25.3 Å². The molecule has 0 radical (unpaired) electrons. The maximum atomic E-state index is 12.3. The molecule has 7 nitrogen and oxygen atoms in total. The zero-order valence-corrected chi connectivity index (χ0v) is 13.0. The highest BCUT2D eigenvalue weighted by atomic mass is 35.5. The topological polar surface area (TPSA) is 84.0 Å². The van der Waals surface area contributed by atoms with Crippen molar-refractivity contribution in [2.45, 2.75) is 11.8 Å². The minimum Gasteiger partial charge on any atom is -0.439 e. The molecule has 3 rings (SSSR count). The molecule has 2 amide bonds. The van der Waals surface area contributed by atoms with E-state index in [4.69, 9.17) is 11.6 Å². The molecule has 0 saturated carbocycles. The molecule has 0 aliphatic carbocycles. The molecule has 0 N–H and O–H groups in total. The fourth-order valence-corrected chi connectivity index (χ4v) is 4.13. The predicted octanol–water partition coefficient (Wildman–Crippen LogP) is 0.833. The van der Waals surface area contributed by atoms with Crippen LogP contribution in [0, 0.1) is 0 Å². The molecule has 0 bridgehead atoms. The van der Waals surface area contributed by atoms with Crippen LogP contribution in [0.4, 0.5) is 4.79 Å². The van der Waals surface area contributed by atoms with E-state index in [-0.39, 0.29) is 25.4 Å². The number of carbonyl (C=O) groups is 2. The van der Waals surface area contributed by atoms with Gasteiger partial charge in [0.25, 0.3) is 5.91 Å². The molecule has 0 atom stereocenters. The van der Waals surface area contributed by atoms with E-state index in [0.29, 0.717) is 10.6 Å². The van der Waals surface area contributed by atoms with E-state index in [1.54, 1.807) is 24.3 Å². The van der Waals surface area contributed by atoms with E-state index in [1.807, 2.05) is 0 Å². The summed E-state index contributed by atoms with van der Waals surface area (Å²) < 4.78 is 30.4. The van der Waals surface area contributed by atoms with Crippen molar-refractivity contribution in [1.82, 2.24) is 9.21 Å². The Labute approximate surface area is 132 Å². The summed E-state index contributed by atoms with van der Waals surface area (Å²) in [6.07, 6.45) is -0.704. The Balaban J connectivity index is 1.62. The Kier molecular flexibility index (Phi) is 3.84. The molecule has 2 aliphatic rings. The number of imide groups is 1. The number of carbonyl (C=O) groups excluding carboxylic acids is 2. The lowest BCUT2D eigenvalue weighted by atomic mass is 10.1. The first-order valence-corrected chi connectivity index (χ1v) is 8.56. The molecule has 2 fully saturated rings. The standard InChI is InChI=1S/C13H13ClN2O5S/c14-10-3-1-9(2-4-10)8-22(19,20)15-5-11(6-15)16-12(17)7-21-13(16)18/h1-4,11H,5-8H2. The SMILES string of the molecule is O=C1COC(=O)N1C1CN(S(=O)(=O)Cc2ccc(Cl)cc2)C1. The van der Waals surface area contributed by atoms with Gasteiger partial charge in [0.05, 0.1) is 11.8 Å². The Morgan fingerprint density at radius 2 is 1.82 bits per heavy atom. The smallest absolute Gasteiger partial charge is 0.417 e. The second-order valence-electron chi connectivity index (χ2n) is 5.17. The monoisotopic (exact) mass is 344 g/mol. The lowest BCUT2D eigenvalue weighted by Crippen LogP contribution is -2.62. The summed E-state index contributed by atoms with van der Waals surface area (Å²) in [5.41, 5.74) is 0.629. The largest absolute Gasteiger partial charge is 0.439 e. The maximum absolute atomic E-state index is 12.3. The van der Waals surface area contributed by atoms with Crippen molar-refractivity contribution < 1.29 is 22.7 Å². The predicted molar refractivity (Wildman–Crippen MR) is 77.6 cm³/mol. The van der Waals surface area contributed by atoms with Gasteiger partial charge in [-0.05, 0) is 17.7 Å². The van der Waals surface area contributed by atoms with Crippen molar-refractivity contribution in [1.29, 1.82) is 0 Å². The van der Waals surface area contributed by atoms with Gasteiger partial charge in [-0.1, -0.05) is 23.7 Å². The van der Waals surface area contributed by atoms with E-state index in [9.17, 15) is 18.0 Å². The fraction of sp³-hybridized carbons (Fsp3) is 0.385. The number of halogens is 1. The van der Waals surface area contributed by atoms with Gasteiger partial charge in [-0.15, -0.1) is 0 Å². The van der Waals surface area contributed by atoms with Crippen LogP contribution >= 0.6 is 11.6 Å². The van der Waals surface area contributed by atoms with Crippen molar-refractivity contribution in [2.75, 3.05) is 19.7 Å². The van der Waals surface area contributed by atoms with Gasteiger partial charge in [0.1, 0.15) is 0 Å². The first-order chi connectivity index (χ1) is 10.4. The molecule has 22 heavy (non-hydrogen) atoms. The van der Waals surface area contributed by atoms with E-state index >= 15 is 0 Å². The first-order valence-electron chi connectivity index (χ1n) is 6.58. The Morgan fingerprint density at radius 1 is 1.18 bits per heavy atom. The van der Waals surface area contributed by atoms with Gasteiger partial charge in [0.15, 0.2) is 6.61 Å². The summed E-state index contributed by atoms with van der Waals surface area (Å²) in [5, 5.41) is 0.538. The molecule has 2 heterocycles. The minimum absolute atomic E-state index is 0.108. The third kappa shape index (κ3) is 2.81. The van der Waals surface area contributed by atoms with Gasteiger partial charge in [0.2, 0.25) is 10.0 Å². The van der Waals surface area contributed by atoms with Crippen LogP contribution in [0.25, 0.3) is 0 Å². The number of sulfonamides is 1. The van der Waals surface area contributed by atoms with E-state index in [2.05, 4.69) is 4.74 Å².